The van der Waals surface area contributed by atoms with E-state index in [1.54, 1.807) is 5.56 Å². The molecule has 5 aromatic rings. The van der Waals surface area contributed by atoms with Crippen molar-refractivity contribution in [3.63, 3.8) is 0 Å². The summed E-state index contributed by atoms with van der Waals surface area (Å²) in [4.78, 5) is 0. The Morgan fingerprint density at radius 3 is 1.76 bits per heavy atom. The Morgan fingerprint density at radius 1 is 0.500 bits per heavy atom. The molecule has 0 saturated carbocycles. The molecule has 2 unspecified atom stereocenters. The van der Waals surface area contributed by atoms with Crippen molar-refractivity contribution < 1.29 is 0 Å². The first-order valence-electron chi connectivity index (χ1n) is 14.1. The van der Waals surface area contributed by atoms with Crippen LogP contribution >= 0.6 is 0 Å². The Hall–Kier alpha value is -3.90. The summed E-state index contributed by atoms with van der Waals surface area (Å²) in [5.41, 5.74) is 17.4. The van der Waals surface area contributed by atoms with Crippen LogP contribution in [0, 0.1) is 13.8 Å². The normalized spacial score (nSPS) is 17.2. The highest BCUT2D eigenvalue weighted by Crippen LogP contribution is 2.50. The first kappa shape index (κ1) is 23.2. The second-order valence-corrected chi connectivity index (χ2v) is 11.5. The fourth-order valence-corrected chi connectivity index (χ4v) is 6.94. The monoisotopic (exact) mass is 490 g/mol. The molecule has 7 rings (SSSR count). The maximum Gasteiger partial charge on any atom is -0.00744 e. The third-order valence-electron chi connectivity index (χ3n) is 8.88. The molecule has 0 aromatic heterocycles. The van der Waals surface area contributed by atoms with Gasteiger partial charge in [-0.1, -0.05) is 120 Å². The maximum atomic E-state index is 2.46. The highest BCUT2D eigenvalue weighted by Gasteiger charge is 2.32. The van der Waals surface area contributed by atoms with E-state index in [1.165, 1.54) is 61.2 Å². The molecule has 0 fully saturated rings. The van der Waals surface area contributed by atoms with Crippen LogP contribution in [-0.4, -0.2) is 0 Å². The van der Waals surface area contributed by atoms with Crippen molar-refractivity contribution in [2.45, 2.75) is 51.4 Å². The third kappa shape index (κ3) is 4.09. The zero-order valence-corrected chi connectivity index (χ0v) is 22.4. The van der Waals surface area contributed by atoms with Gasteiger partial charge in [-0.3, -0.25) is 0 Å². The van der Waals surface area contributed by atoms with E-state index in [0.29, 0.717) is 11.8 Å². The second kappa shape index (κ2) is 9.44. The molecule has 0 radical (unpaired) electrons. The molecule has 2 atom stereocenters. The number of aryl methyl sites for hydroxylation is 2. The largest absolute Gasteiger partial charge is 0.0620 e. The smallest absolute Gasteiger partial charge is 0.00744 e. The molecule has 0 N–H and O–H groups in total. The van der Waals surface area contributed by atoms with Crippen LogP contribution in [-0.2, 0) is 25.7 Å². The van der Waals surface area contributed by atoms with E-state index in [9.17, 15) is 0 Å². The minimum absolute atomic E-state index is 0.484. The summed E-state index contributed by atoms with van der Waals surface area (Å²) in [6, 6.07) is 41.5. The fourth-order valence-electron chi connectivity index (χ4n) is 6.94. The minimum atomic E-state index is 0.484. The van der Waals surface area contributed by atoms with E-state index < -0.39 is 0 Å². The van der Waals surface area contributed by atoms with Gasteiger partial charge >= 0.3 is 0 Å². The lowest BCUT2D eigenvalue weighted by molar-refractivity contribution is 0.655. The molecule has 0 amide bonds. The van der Waals surface area contributed by atoms with Gasteiger partial charge in [-0.25, -0.2) is 0 Å². The van der Waals surface area contributed by atoms with Crippen LogP contribution in [0.5, 0.6) is 0 Å². The average molecular weight is 491 g/mol. The molecule has 0 heteroatoms. The third-order valence-corrected chi connectivity index (χ3v) is 8.88. The lowest BCUT2D eigenvalue weighted by atomic mass is 9.69. The lowest BCUT2D eigenvalue weighted by Crippen LogP contribution is -2.19. The van der Waals surface area contributed by atoms with Gasteiger partial charge in [-0.15, -0.1) is 0 Å². The number of rotatable bonds is 4. The summed E-state index contributed by atoms with van der Waals surface area (Å²) in [5.74, 6) is 0.984. The van der Waals surface area contributed by atoms with E-state index in [0.717, 1.165) is 25.7 Å². The van der Waals surface area contributed by atoms with Crippen LogP contribution in [0.1, 0.15) is 56.3 Å². The number of hydrogen-bond donors (Lipinski definition) is 0. The maximum absolute atomic E-state index is 2.46. The van der Waals surface area contributed by atoms with Gasteiger partial charge in [-0.05, 0) is 107 Å². The van der Waals surface area contributed by atoms with Crippen molar-refractivity contribution in [2.75, 3.05) is 0 Å². The molecular weight excluding hydrogens is 456 g/mol. The molecule has 0 aliphatic heterocycles. The molecule has 0 bridgehead atoms. The van der Waals surface area contributed by atoms with Crippen LogP contribution in [0.15, 0.2) is 109 Å². The summed E-state index contributed by atoms with van der Waals surface area (Å²) >= 11 is 0. The van der Waals surface area contributed by atoms with Gasteiger partial charge in [0.1, 0.15) is 0 Å². The summed E-state index contributed by atoms with van der Waals surface area (Å²) in [6.07, 6.45) is 4.37. The van der Waals surface area contributed by atoms with Crippen molar-refractivity contribution in [1.29, 1.82) is 0 Å². The Bertz CT molecular complexity index is 1620. The van der Waals surface area contributed by atoms with Crippen LogP contribution < -0.4 is 0 Å². The van der Waals surface area contributed by atoms with Gasteiger partial charge < -0.3 is 0 Å². The molecule has 5 aromatic carbocycles. The van der Waals surface area contributed by atoms with Gasteiger partial charge in [0.05, 0.1) is 0 Å². The minimum Gasteiger partial charge on any atom is -0.0620 e. The van der Waals surface area contributed by atoms with E-state index in [4.69, 9.17) is 0 Å². The van der Waals surface area contributed by atoms with Crippen molar-refractivity contribution in [2.24, 2.45) is 0 Å². The summed E-state index contributed by atoms with van der Waals surface area (Å²) in [7, 11) is 0. The van der Waals surface area contributed by atoms with Gasteiger partial charge in [0.15, 0.2) is 0 Å². The number of benzene rings is 5. The molecule has 0 nitrogen and oxygen atoms in total. The summed E-state index contributed by atoms with van der Waals surface area (Å²) in [5, 5.41) is 0. The van der Waals surface area contributed by atoms with E-state index in [-0.39, 0.29) is 0 Å². The van der Waals surface area contributed by atoms with E-state index in [2.05, 4.69) is 123 Å². The second-order valence-electron chi connectivity index (χ2n) is 11.5. The van der Waals surface area contributed by atoms with Crippen molar-refractivity contribution in [1.82, 2.24) is 0 Å². The van der Waals surface area contributed by atoms with Crippen LogP contribution in [0.2, 0.25) is 0 Å². The predicted octanol–water partition coefficient (Wildman–Crippen LogP) is 9.40. The zero-order valence-electron chi connectivity index (χ0n) is 22.4. The molecule has 38 heavy (non-hydrogen) atoms. The van der Waals surface area contributed by atoms with E-state index >= 15 is 0 Å². The molecule has 0 saturated heterocycles. The van der Waals surface area contributed by atoms with Crippen LogP contribution in [0.3, 0.4) is 0 Å². The standard InChI is InChI=1S/C38H34/c1-25-11-15-27(16-12-25)21-30-23-29-7-3-4-9-33(29)38-34(30)19-20-36-35-10-6-5-8-32(35)31(24-37(36)38)22-28-17-13-26(2)14-18-28/h3-20,30-31H,21-24H2,1-2H3. The Labute approximate surface area is 227 Å². The first-order valence-corrected chi connectivity index (χ1v) is 14.1. The van der Waals surface area contributed by atoms with Crippen molar-refractivity contribution in [3.8, 4) is 22.3 Å². The highest BCUT2D eigenvalue weighted by molar-refractivity contribution is 5.86. The molecular formula is C38H34. The summed E-state index contributed by atoms with van der Waals surface area (Å²) < 4.78 is 0. The number of hydrogen-bond acceptors (Lipinski definition) is 0. The summed E-state index contributed by atoms with van der Waals surface area (Å²) in [6.45, 7) is 4.35. The predicted molar refractivity (Wildman–Crippen MR) is 160 cm³/mol. The molecule has 0 heterocycles. The average Bonchev–Trinajstić information content (AvgIpc) is 2.95. The van der Waals surface area contributed by atoms with Gasteiger partial charge in [0.2, 0.25) is 0 Å². The SMILES string of the molecule is Cc1ccc(CC2Cc3c(ccc4c3-c3ccccc3CC4Cc3ccc(C)cc3)-c3ccccc32)cc1. The topological polar surface area (TPSA) is 0 Å². The quantitative estimate of drug-likeness (QED) is 0.235. The Morgan fingerprint density at radius 2 is 1.08 bits per heavy atom. The van der Waals surface area contributed by atoms with Gasteiger partial charge in [-0.2, -0.15) is 0 Å². The van der Waals surface area contributed by atoms with Gasteiger partial charge in [0, 0.05) is 0 Å². The zero-order chi connectivity index (χ0) is 25.6. The number of fused-ring (bicyclic) bond motifs is 7. The Balaban J connectivity index is 1.37. The molecule has 0 spiro atoms. The fraction of sp³-hybridized carbons (Fsp3) is 0.211. The highest BCUT2D eigenvalue weighted by atomic mass is 14.4. The van der Waals surface area contributed by atoms with Crippen molar-refractivity contribution >= 4 is 0 Å². The Kier molecular flexibility index (Phi) is 5.77. The first-order chi connectivity index (χ1) is 18.6. The van der Waals surface area contributed by atoms with Crippen LogP contribution in [0.4, 0.5) is 0 Å². The van der Waals surface area contributed by atoms with Gasteiger partial charge in [0.25, 0.3) is 0 Å². The lowest BCUT2D eigenvalue weighted by Gasteiger charge is -2.35. The molecule has 2 aliphatic carbocycles. The van der Waals surface area contributed by atoms with Crippen molar-refractivity contribution in [3.05, 3.63) is 154 Å². The van der Waals surface area contributed by atoms with E-state index in [1.807, 2.05) is 0 Å². The molecule has 186 valence electrons. The molecule has 2 aliphatic rings. The van der Waals surface area contributed by atoms with Crippen LogP contribution in [0.25, 0.3) is 22.3 Å².